The molecule has 0 aliphatic carbocycles. The number of nitrogens with one attached hydrogen (secondary N) is 1. The average molecular weight is 521 g/mol. The Morgan fingerprint density at radius 1 is 1.03 bits per heavy atom. The number of halogens is 1. The van der Waals surface area contributed by atoms with Gasteiger partial charge < -0.3 is 20.5 Å². The van der Waals surface area contributed by atoms with E-state index in [1.807, 2.05) is 35.1 Å². The van der Waals surface area contributed by atoms with Crippen LogP contribution in [0.1, 0.15) is 11.1 Å². The number of rotatable bonds is 9. The second-order valence-corrected chi connectivity index (χ2v) is 6.50. The minimum absolute atomic E-state index is 0. The second-order valence-electron chi connectivity index (χ2n) is 6.50. The molecule has 0 atom stereocenters. The third-order valence-electron chi connectivity index (χ3n) is 4.56. The first-order chi connectivity index (χ1) is 14.2. The van der Waals surface area contributed by atoms with E-state index in [-0.39, 0.29) is 24.0 Å². The van der Waals surface area contributed by atoms with E-state index in [2.05, 4.69) is 39.7 Å². The maximum atomic E-state index is 5.97. The monoisotopic (exact) mass is 521 g/mol. The molecular formula is C22H28IN5O2. The van der Waals surface area contributed by atoms with E-state index < -0.39 is 0 Å². The zero-order valence-corrected chi connectivity index (χ0v) is 19.6. The highest BCUT2D eigenvalue weighted by atomic mass is 127. The highest BCUT2D eigenvalue weighted by Crippen LogP contribution is 2.27. The minimum atomic E-state index is 0. The van der Waals surface area contributed by atoms with Gasteiger partial charge in [-0.15, -0.1) is 24.0 Å². The maximum Gasteiger partial charge on any atom is 0.188 e. The second kappa shape index (κ2) is 12.1. The van der Waals surface area contributed by atoms with Crippen molar-refractivity contribution in [3.63, 3.8) is 0 Å². The summed E-state index contributed by atoms with van der Waals surface area (Å²) in [6, 6.07) is 16.1. The summed E-state index contributed by atoms with van der Waals surface area (Å²) in [5.74, 6) is 1.91. The quantitative estimate of drug-likeness (QED) is 0.257. The Kier molecular flexibility index (Phi) is 9.46. The molecule has 0 aliphatic heterocycles. The molecule has 1 heterocycles. The van der Waals surface area contributed by atoms with Crippen LogP contribution in [0, 0.1) is 0 Å². The van der Waals surface area contributed by atoms with Crippen LogP contribution in [0.5, 0.6) is 11.5 Å². The molecule has 0 saturated heterocycles. The number of aromatic nitrogens is 2. The first-order valence-electron chi connectivity index (χ1n) is 9.53. The highest BCUT2D eigenvalue weighted by molar-refractivity contribution is 14.0. The molecule has 0 amide bonds. The number of guanidine groups is 1. The Morgan fingerprint density at radius 2 is 1.77 bits per heavy atom. The van der Waals surface area contributed by atoms with Gasteiger partial charge in [-0.25, -0.2) is 4.68 Å². The fourth-order valence-corrected chi connectivity index (χ4v) is 2.97. The molecule has 0 fully saturated rings. The lowest BCUT2D eigenvalue weighted by Crippen LogP contribution is -2.33. The molecule has 0 aliphatic rings. The summed E-state index contributed by atoms with van der Waals surface area (Å²) in [6.45, 7) is 1.33. The predicted octanol–water partition coefficient (Wildman–Crippen LogP) is 3.20. The summed E-state index contributed by atoms with van der Waals surface area (Å²) in [5.41, 5.74) is 9.36. The van der Waals surface area contributed by atoms with Gasteiger partial charge in [-0.05, 0) is 54.3 Å². The van der Waals surface area contributed by atoms with Gasteiger partial charge in [0, 0.05) is 25.5 Å². The molecule has 8 heteroatoms. The van der Waals surface area contributed by atoms with Crippen LogP contribution in [0.25, 0.3) is 5.69 Å². The number of ether oxygens (including phenoxy) is 2. The number of hydrogen-bond donors (Lipinski definition) is 2. The number of nitrogens with zero attached hydrogens (tertiary/aromatic N) is 3. The third-order valence-corrected chi connectivity index (χ3v) is 4.56. The Hall–Kier alpha value is -2.75. The maximum absolute atomic E-state index is 5.97. The van der Waals surface area contributed by atoms with Gasteiger partial charge in [0.05, 0.1) is 19.9 Å². The molecule has 30 heavy (non-hydrogen) atoms. The third kappa shape index (κ3) is 6.65. The summed E-state index contributed by atoms with van der Waals surface area (Å²) >= 11 is 0. The zero-order chi connectivity index (χ0) is 20.5. The summed E-state index contributed by atoms with van der Waals surface area (Å²) < 4.78 is 12.4. The summed E-state index contributed by atoms with van der Waals surface area (Å²) in [4.78, 5) is 4.41. The first kappa shape index (κ1) is 23.5. The average Bonchev–Trinajstić information content (AvgIpc) is 3.29. The first-order valence-corrected chi connectivity index (χ1v) is 9.53. The molecule has 3 aromatic rings. The van der Waals surface area contributed by atoms with Crippen LogP contribution in [0.15, 0.2) is 65.9 Å². The molecule has 0 bridgehead atoms. The van der Waals surface area contributed by atoms with E-state index in [0.717, 1.165) is 35.6 Å². The summed E-state index contributed by atoms with van der Waals surface area (Å²) in [7, 11) is 3.26. The van der Waals surface area contributed by atoms with E-state index in [4.69, 9.17) is 15.2 Å². The van der Waals surface area contributed by atoms with Crippen molar-refractivity contribution < 1.29 is 9.47 Å². The van der Waals surface area contributed by atoms with Crippen LogP contribution in [0.3, 0.4) is 0 Å². The van der Waals surface area contributed by atoms with Crippen molar-refractivity contribution >= 4 is 29.9 Å². The number of methoxy groups -OCH3 is 2. The molecule has 3 rings (SSSR count). The lowest BCUT2D eigenvalue weighted by Gasteiger charge is -2.10. The van der Waals surface area contributed by atoms with Crippen LogP contribution in [0.4, 0.5) is 0 Å². The largest absolute Gasteiger partial charge is 0.493 e. The zero-order valence-electron chi connectivity index (χ0n) is 17.2. The molecule has 0 spiro atoms. The smallest absolute Gasteiger partial charge is 0.188 e. The molecule has 0 radical (unpaired) electrons. The number of hydrogen-bond acceptors (Lipinski definition) is 4. The Bertz CT molecular complexity index is 927. The Balaban J connectivity index is 0.00000320. The van der Waals surface area contributed by atoms with E-state index in [1.165, 1.54) is 5.56 Å². The van der Waals surface area contributed by atoms with Gasteiger partial charge in [0.1, 0.15) is 0 Å². The molecular weight excluding hydrogens is 493 g/mol. The van der Waals surface area contributed by atoms with Gasteiger partial charge >= 0.3 is 0 Å². The lowest BCUT2D eigenvalue weighted by atomic mass is 10.1. The predicted molar refractivity (Wildman–Crippen MR) is 130 cm³/mol. The SMILES string of the molecule is COc1ccc(CCNC(N)=NCCc2ccc(-n3cccn3)cc2)cc1OC.I. The molecule has 7 nitrogen and oxygen atoms in total. The van der Waals surface area contributed by atoms with Gasteiger partial charge in [0.25, 0.3) is 0 Å². The van der Waals surface area contributed by atoms with E-state index >= 15 is 0 Å². The molecule has 0 saturated carbocycles. The van der Waals surface area contributed by atoms with E-state index in [9.17, 15) is 0 Å². The molecule has 2 aromatic carbocycles. The Labute approximate surface area is 194 Å². The van der Waals surface area contributed by atoms with Crippen molar-refractivity contribution in [1.82, 2.24) is 15.1 Å². The summed E-state index contributed by atoms with van der Waals surface area (Å²) in [6.07, 6.45) is 5.33. The van der Waals surface area contributed by atoms with E-state index in [0.29, 0.717) is 19.0 Å². The van der Waals surface area contributed by atoms with Crippen LogP contribution in [0.2, 0.25) is 0 Å². The van der Waals surface area contributed by atoms with Crippen LogP contribution in [-0.4, -0.2) is 43.0 Å². The van der Waals surface area contributed by atoms with E-state index in [1.54, 1.807) is 20.4 Å². The Morgan fingerprint density at radius 3 is 2.43 bits per heavy atom. The molecule has 3 N–H and O–H groups in total. The highest BCUT2D eigenvalue weighted by Gasteiger charge is 2.04. The van der Waals surface area contributed by atoms with Gasteiger partial charge in [0.15, 0.2) is 17.5 Å². The van der Waals surface area contributed by atoms with Gasteiger partial charge in [0.2, 0.25) is 0 Å². The number of aliphatic imine (C=N–C) groups is 1. The van der Waals surface area contributed by atoms with Crippen molar-refractivity contribution in [2.24, 2.45) is 10.7 Å². The fraction of sp³-hybridized carbons (Fsp3) is 0.273. The van der Waals surface area contributed by atoms with Crippen LogP contribution in [-0.2, 0) is 12.8 Å². The minimum Gasteiger partial charge on any atom is -0.493 e. The number of nitrogens with two attached hydrogens (primary N) is 1. The normalized spacial score (nSPS) is 10.9. The lowest BCUT2D eigenvalue weighted by molar-refractivity contribution is 0.354. The summed E-state index contributed by atoms with van der Waals surface area (Å²) in [5, 5.41) is 7.38. The topological polar surface area (TPSA) is 86.7 Å². The van der Waals surface area contributed by atoms with Crippen molar-refractivity contribution in [2.45, 2.75) is 12.8 Å². The van der Waals surface area contributed by atoms with Crippen molar-refractivity contribution in [1.29, 1.82) is 0 Å². The molecule has 1 aromatic heterocycles. The van der Waals surface area contributed by atoms with Crippen molar-refractivity contribution in [3.8, 4) is 17.2 Å². The van der Waals surface area contributed by atoms with Gasteiger partial charge in [-0.1, -0.05) is 18.2 Å². The fourth-order valence-electron chi connectivity index (χ4n) is 2.97. The number of benzene rings is 2. The van der Waals surface area contributed by atoms with Crippen LogP contribution >= 0.6 is 24.0 Å². The van der Waals surface area contributed by atoms with Gasteiger partial charge in [-0.2, -0.15) is 5.10 Å². The van der Waals surface area contributed by atoms with Crippen molar-refractivity contribution in [2.75, 3.05) is 27.3 Å². The molecule has 160 valence electrons. The van der Waals surface area contributed by atoms with Crippen molar-refractivity contribution in [3.05, 3.63) is 72.1 Å². The van der Waals surface area contributed by atoms with Gasteiger partial charge in [-0.3, -0.25) is 4.99 Å². The molecule has 0 unspecified atom stereocenters. The van der Waals surface area contributed by atoms with Crippen LogP contribution < -0.4 is 20.5 Å². The standard InChI is InChI=1S/C22H27N5O2.HI/c1-28-20-9-6-18(16-21(20)29-2)11-14-25-22(23)24-13-10-17-4-7-19(8-5-17)27-15-3-12-26-27;/h3-9,12,15-16H,10-11,13-14H2,1-2H3,(H3,23,24,25);1H.